The van der Waals surface area contributed by atoms with E-state index in [-0.39, 0.29) is 5.96 Å². The van der Waals surface area contributed by atoms with E-state index in [4.69, 9.17) is 25.9 Å². The Bertz CT molecular complexity index is 751. The number of hydrogen-bond donors (Lipinski definition) is 2. The molecule has 1 spiro atoms. The van der Waals surface area contributed by atoms with Crippen LogP contribution in [0.4, 0.5) is 11.4 Å². The van der Waals surface area contributed by atoms with E-state index in [0.717, 1.165) is 69.1 Å². The molecule has 27 heavy (non-hydrogen) atoms. The van der Waals surface area contributed by atoms with E-state index in [1.165, 1.54) is 6.42 Å². The molecule has 0 unspecified atom stereocenters. The summed E-state index contributed by atoms with van der Waals surface area (Å²) >= 11 is 0. The number of nitrogens with two attached hydrogens (primary N) is 2. The molecule has 146 valence electrons. The molecule has 1 aromatic rings. The molecular weight excluding hydrogens is 344 g/mol. The first-order valence-corrected chi connectivity index (χ1v) is 9.63. The molecule has 0 aromatic heterocycles. The summed E-state index contributed by atoms with van der Waals surface area (Å²) in [6.07, 6.45) is 5.24. The minimum atomic E-state index is -0.445. The zero-order chi connectivity index (χ0) is 18.9. The van der Waals surface area contributed by atoms with Crippen LogP contribution in [-0.4, -0.2) is 51.0 Å². The highest BCUT2D eigenvalue weighted by molar-refractivity contribution is 6.05. The summed E-state index contributed by atoms with van der Waals surface area (Å²) < 4.78 is 11.2. The zero-order valence-electron chi connectivity index (χ0n) is 15.9. The Labute approximate surface area is 159 Å². The fourth-order valence-electron chi connectivity index (χ4n) is 4.37. The second-order valence-corrected chi connectivity index (χ2v) is 7.27. The van der Waals surface area contributed by atoms with Gasteiger partial charge in [-0.2, -0.15) is 4.99 Å². The SMILES string of the molecule is COc1cc(N2C(N)=NC(N)=NC23CCCCC3)ccc1N1CCOCC1. The molecule has 2 aliphatic heterocycles. The Morgan fingerprint density at radius 2 is 1.85 bits per heavy atom. The van der Waals surface area contributed by atoms with Crippen molar-refractivity contribution in [3.63, 3.8) is 0 Å². The van der Waals surface area contributed by atoms with Gasteiger partial charge >= 0.3 is 0 Å². The van der Waals surface area contributed by atoms with Crippen LogP contribution < -0.4 is 26.0 Å². The molecule has 4 N–H and O–H groups in total. The molecule has 0 atom stereocenters. The maximum absolute atomic E-state index is 6.33. The second kappa shape index (κ2) is 7.26. The highest BCUT2D eigenvalue weighted by atomic mass is 16.5. The summed E-state index contributed by atoms with van der Waals surface area (Å²) in [6.45, 7) is 3.17. The van der Waals surface area contributed by atoms with Gasteiger partial charge in [0, 0.05) is 19.2 Å². The van der Waals surface area contributed by atoms with Gasteiger partial charge in [0.05, 0.1) is 31.7 Å². The van der Waals surface area contributed by atoms with E-state index in [0.29, 0.717) is 5.96 Å². The Morgan fingerprint density at radius 3 is 2.56 bits per heavy atom. The molecule has 8 nitrogen and oxygen atoms in total. The smallest absolute Gasteiger partial charge is 0.220 e. The lowest BCUT2D eigenvalue weighted by atomic mass is 9.87. The quantitative estimate of drug-likeness (QED) is 0.836. The van der Waals surface area contributed by atoms with Gasteiger partial charge in [0.1, 0.15) is 11.4 Å². The first kappa shape index (κ1) is 17.9. The maximum Gasteiger partial charge on any atom is 0.220 e. The third kappa shape index (κ3) is 3.29. The molecule has 4 rings (SSSR count). The first-order chi connectivity index (χ1) is 13.1. The predicted molar refractivity (Wildman–Crippen MR) is 108 cm³/mol. The molecule has 3 aliphatic rings. The van der Waals surface area contributed by atoms with Crippen LogP contribution in [0.2, 0.25) is 0 Å². The summed E-state index contributed by atoms with van der Waals surface area (Å²) in [5, 5.41) is 0. The van der Waals surface area contributed by atoms with Gasteiger partial charge in [-0.1, -0.05) is 6.42 Å². The van der Waals surface area contributed by atoms with E-state index in [1.807, 2.05) is 11.0 Å². The van der Waals surface area contributed by atoms with Crippen LogP contribution in [0.25, 0.3) is 0 Å². The number of guanidine groups is 2. The Morgan fingerprint density at radius 1 is 1.11 bits per heavy atom. The molecular formula is C19H28N6O2. The van der Waals surface area contributed by atoms with Gasteiger partial charge in [0.2, 0.25) is 11.9 Å². The number of ether oxygens (including phenoxy) is 2. The van der Waals surface area contributed by atoms with E-state index in [9.17, 15) is 0 Å². The average molecular weight is 372 g/mol. The normalized spacial score (nSPS) is 22.4. The molecule has 8 heteroatoms. The average Bonchev–Trinajstić information content (AvgIpc) is 2.68. The van der Waals surface area contributed by atoms with Crippen molar-refractivity contribution in [1.29, 1.82) is 0 Å². The monoisotopic (exact) mass is 372 g/mol. The molecule has 0 bridgehead atoms. The van der Waals surface area contributed by atoms with Gasteiger partial charge in [-0.3, -0.25) is 4.90 Å². The molecule has 2 fully saturated rings. The van der Waals surface area contributed by atoms with E-state index in [2.05, 4.69) is 22.0 Å². The van der Waals surface area contributed by atoms with E-state index < -0.39 is 5.66 Å². The number of rotatable bonds is 3. The van der Waals surface area contributed by atoms with Crippen molar-refractivity contribution < 1.29 is 9.47 Å². The number of methoxy groups -OCH3 is 1. The maximum atomic E-state index is 6.33. The van der Waals surface area contributed by atoms with Crippen LogP contribution in [-0.2, 0) is 4.74 Å². The Hall–Kier alpha value is -2.48. The fraction of sp³-hybridized carbons (Fsp3) is 0.579. The van der Waals surface area contributed by atoms with Crippen LogP contribution >= 0.6 is 0 Å². The summed E-state index contributed by atoms with van der Waals surface area (Å²) in [5.41, 5.74) is 13.8. The van der Waals surface area contributed by atoms with Crippen molar-refractivity contribution in [2.45, 2.75) is 37.8 Å². The lowest BCUT2D eigenvalue weighted by Gasteiger charge is -2.45. The van der Waals surface area contributed by atoms with Crippen molar-refractivity contribution >= 4 is 23.3 Å². The van der Waals surface area contributed by atoms with Crippen molar-refractivity contribution in [2.75, 3.05) is 43.2 Å². The van der Waals surface area contributed by atoms with Gasteiger partial charge in [-0.25, -0.2) is 4.99 Å². The zero-order valence-corrected chi connectivity index (χ0v) is 15.9. The van der Waals surface area contributed by atoms with E-state index in [1.54, 1.807) is 7.11 Å². The molecule has 0 amide bonds. The number of anilines is 2. The Kier molecular flexibility index (Phi) is 4.82. The van der Waals surface area contributed by atoms with Crippen LogP contribution in [0.3, 0.4) is 0 Å². The van der Waals surface area contributed by atoms with Gasteiger partial charge in [-0.05, 0) is 37.8 Å². The van der Waals surface area contributed by atoms with Crippen molar-refractivity contribution in [1.82, 2.24) is 0 Å². The minimum absolute atomic E-state index is 0.266. The lowest BCUT2D eigenvalue weighted by Crippen LogP contribution is -2.58. The lowest BCUT2D eigenvalue weighted by molar-refractivity contribution is 0.122. The van der Waals surface area contributed by atoms with Crippen LogP contribution in [0.5, 0.6) is 5.75 Å². The largest absolute Gasteiger partial charge is 0.495 e. The standard InChI is InChI=1S/C19H28N6O2/c1-26-16-13-14(5-6-15(16)24-9-11-27-12-10-24)25-18(21)22-17(20)23-19(25)7-3-2-4-8-19/h5-6,13H,2-4,7-12H2,1H3,(H4,20,21,22,23). The molecule has 2 heterocycles. The molecule has 1 aliphatic carbocycles. The first-order valence-electron chi connectivity index (χ1n) is 9.63. The number of nitrogens with zero attached hydrogens (tertiary/aromatic N) is 4. The highest BCUT2D eigenvalue weighted by Gasteiger charge is 2.42. The third-order valence-corrected chi connectivity index (χ3v) is 5.62. The summed E-state index contributed by atoms with van der Waals surface area (Å²) in [5.74, 6) is 1.48. The predicted octanol–water partition coefficient (Wildman–Crippen LogP) is 1.64. The number of aliphatic imine (C=N–C) groups is 2. The van der Waals surface area contributed by atoms with Crippen LogP contribution in [0.1, 0.15) is 32.1 Å². The van der Waals surface area contributed by atoms with Gasteiger partial charge in [0.25, 0.3) is 0 Å². The van der Waals surface area contributed by atoms with Crippen molar-refractivity contribution in [2.24, 2.45) is 21.5 Å². The topological polar surface area (TPSA) is 102 Å². The minimum Gasteiger partial charge on any atom is -0.495 e. The molecule has 0 radical (unpaired) electrons. The number of hydrogen-bond acceptors (Lipinski definition) is 8. The van der Waals surface area contributed by atoms with Crippen molar-refractivity contribution in [3.8, 4) is 5.75 Å². The van der Waals surface area contributed by atoms with Gasteiger partial charge in [0.15, 0.2) is 0 Å². The third-order valence-electron chi connectivity index (χ3n) is 5.62. The molecule has 1 saturated carbocycles. The van der Waals surface area contributed by atoms with E-state index >= 15 is 0 Å². The molecule has 1 aromatic carbocycles. The van der Waals surface area contributed by atoms with Crippen LogP contribution in [0, 0.1) is 0 Å². The fourth-order valence-corrected chi connectivity index (χ4v) is 4.37. The highest BCUT2D eigenvalue weighted by Crippen LogP contribution is 2.42. The Balaban J connectivity index is 1.71. The van der Waals surface area contributed by atoms with Gasteiger partial charge < -0.3 is 25.8 Å². The number of benzene rings is 1. The van der Waals surface area contributed by atoms with Gasteiger partial charge in [-0.15, -0.1) is 0 Å². The molecule has 1 saturated heterocycles. The summed E-state index contributed by atoms with van der Waals surface area (Å²) in [7, 11) is 1.70. The van der Waals surface area contributed by atoms with Crippen LogP contribution in [0.15, 0.2) is 28.2 Å². The second-order valence-electron chi connectivity index (χ2n) is 7.27. The summed E-state index contributed by atoms with van der Waals surface area (Å²) in [6, 6.07) is 6.19. The van der Waals surface area contributed by atoms with Crippen molar-refractivity contribution in [3.05, 3.63) is 18.2 Å². The number of morpholine rings is 1. The summed E-state index contributed by atoms with van der Waals surface area (Å²) in [4.78, 5) is 13.3.